The first-order chi connectivity index (χ1) is 11.2. The number of nitrogens with two attached hydrogens (primary N) is 1. The molecule has 0 aromatic heterocycles. The van der Waals surface area contributed by atoms with Crippen LogP contribution in [0, 0.1) is 0 Å². The van der Waals surface area contributed by atoms with Gasteiger partial charge in [0.25, 0.3) is 0 Å². The summed E-state index contributed by atoms with van der Waals surface area (Å²) in [4.78, 5) is 24.8. The molecular weight excluding hydrogens is 288 g/mol. The minimum atomic E-state index is -0.471. The van der Waals surface area contributed by atoms with Crippen LogP contribution < -0.4 is 11.1 Å². The molecule has 0 saturated carbocycles. The first-order valence-corrected chi connectivity index (χ1v) is 7.91. The Bertz CT molecular complexity index is 719. The highest BCUT2D eigenvalue weighted by molar-refractivity contribution is 6.11. The summed E-state index contributed by atoms with van der Waals surface area (Å²) in [7, 11) is 0. The summed E-state index contributed by atoms with van der Waals surface area (Å²) in [6.45, 7) is 1.77. The maximum atomic E-state index is 12.9. The Hall–Kier alpha value is -2.46. The molecule has 0 unspecified atom stereocenters. The molecule has 3 rings (SSSR count). The van der Waals surface area contributed by atoms with Gasteiger partial charge in [0.15, 0.2) is 5.78 Å². The zero-order valence-corrected chi connectivity index (χ0v) is 12.9. The van der Waals surface area contributed by atoms with E-state index in [1.807, 2.05) is 18.2 Å². The highest BCUT2D eigenvalue weighted by Crippen LogP contribution is 2.32. The second kappa shape index (κ2) is 6.75. The van der Waals surface area contributed by atoms with Gasteiger partial charge in [-0.1, -0.05) is 42.5 Å². The third kappa shape index (κ3) is 3.17. The highest BCUT2D eigenvalue weighted by atomic mass is 16.1. The Balaban J connectivity index is 2.10. The first-order valence-electron chi connectivity index (χ1n) is 7.91. The lowest BCUT2D eigenvalue weighted by molar-refractivity contribution is 0.0998. The van der Waals surface area contributed by atoms with Crippen LogP contribution in [-0.2, 0) is 0 Å². The van der Waals surface area contributed by atoms with Crippen molar-refractivity contribution in [1.29, 1.82) is 0 Å². The smallest absolute Gasteiger partial charge is 0.249 e. The van der Waals surface area contributed by atoms with E-state index < -0.39 is 5.91 Å². The van der Waals surface area contributed by atoms with Crippen molar-refractivity contribution < 1.29 is 9.59 Å². The molecule has 0 radical (unpaired) electrons. The molecule has 1 aliphatic heterocycles. The van der Waals surface area contributed by atoms with Gasteiger partial charge in [0.2, 0.25) is 5.91 Å². The summed E-state index contributed by atoms with van der Waals surface area (Å²) in [5, 5.41) is 3.31. The Morgan fingerprint density at radius 1 is 0.913 bits per heavy atom. The summed E-state index contributed by atoms with van der Waals surface area (Å²) < 4.78 is 0. The number of primary amides is 1. The van der Waals surface area contributed by atoms with Gasteiger partial charge in [0, 0.05) is 16.7 Å². The molecule has 23 heavy (non-hydrogen) atoms. The van der Waals surface area contributed by atoms with E-state index in [1.165, 1.54) is 0 Å². The van der Waals surface area contributed by atoms with Crippen LogP contribution >= 0.6 is 0 Å². The minimum Gasteiger partial charge on any atom is -0.366 e. The molecule has 2 aromatic rings. The summed E-state index contributed by atoms with van der Waals surface area (Å²) >= 11 is 0. The average Bonchev–Trinajstić information content (AvgIpc) is 2.62. The lowest BCUT2D eigenvalue weighted by Gasteiger charge is -2.26. The van der Waals surface area contributed by atoms with Crippen molar-refractivity contribution in [2.24, 2.45) is 5.73 Å². The van der Waals surface area contributed by atoms with E-state index in [4.69, 9.17) is 5.73 Å². The molecule has 0 spiro atoms. The molecule has 0 aliphatic carbocycles. The van der Waals surface area contributed by atoms with E-state index in [0.29, 0.717) is 16.7 Å². The van der Waals surface area contributed by atoms with Crippen LogP contribution in [0.5, 0.6) is 0 Å². The average molecular weight is 308 g/mol. The predicted molar refractivity (Wildman–Crippen MR) is 89.7 cm³/mol. The number of nitrogens with one attached hydrogen (secondary N) is 1. The quantitative estimate of drug-likeness (QED) is 0.852. The lowest BCUT2D eigenvalue weighted by Crippen LogP contribution is -2.29. The van der Waals surface area contributed by atoms with Crippen LogP contribution in [0.4, 0.5) is 0 Å². The van der Waals surface area contributed by atoms with E-state index in [2.05, 4.69) is 5.32 Å². The molecule has 3 N–H and O–H groups in total. The molecule has 4 nitrogen and oxygen atoms in total. The van der Waals surface area contributed by atoms with Crippen LogP contribution in [0.25, 0.3) is 0 Å². The number of carbonyl (C=O) groups is 2. The fraction of sp³-hybridized carbons (Fsp3) is 0.263. The van der Waals surface area contributed by atoms with Crippen molar-refractivity contribution in [1.82, 2.24) is 5.32 Å². The van der Waals surface area contributed by atoms with E-state index in [0.717, 1.165) is 31.5 Å². The van der Waals surface area contributed by atoms with Gasteiger partial charge in [-0.2, -0.15) is 0 Å². The SMILES string of the molecule is NC(=O)c1cccc(C(=O)c2ccccc2)c1C1CCNCC1. The minimum absolute atomic E-state index is 0.0535. The zero-order valence-electron chi connectivity index (χ0n) is 12.9. The van der Waals surface area contributed by atoms with Gasteiger partial charge in [0.1, 0.15) is 0 Å². The Morgan fingerprint density at radius 3 is 2.22 bits per heavy atom. The van der Waals surface area contributed by atoms with Crippen molar-refractivity contribution in [3.8, 4) is 0 Å². The second-order valence-electron chi connectivity index (χ2n) is 5.85. The highest BCUT2D eigenvalue weighted by Gasteiger charge is 2.26. The molecule has 1 aliphatic rings. The zero-order chi connectivity index (χ0) is 16.2. The molecule has 1 saturated heterocycles. The monoisotopic (exact) mass is 308 g/mol. The van der Waals surface area contributed by atoms with E-state index >= 15 is 0 Å². The molecule has 1 amide bonds. The van der Waals surface area contributed by atoms with Crippen LogP contribution in [0.2, 0.25) is 0 Å². The first kappa shape index (κ1) is 15.4. The van der Waals surface area contributed by atoms with E-state index in [-0.39, 0.29) is 11.7 Å². The number of benzene rings is 2. The number of hydrogen-bond donors (Lipinski definition) is 2. The molecule has 1 heterocycles. The maximum absolute atomic E-state index is 12.9. The van der Waals surface area contributed by atoms with Crippen molar-refractivity contribution in [2.45, 2.75) is 18.8 Å². The van der Waals surface area contributed by atoms with Crippen LogP contribution in [0.15, 0.2) is 48.5 Å². The Labute approximate surface area is 135 Å². The molecule has 118 valence electrons. The van der Waals surface area contributed by atoms with Crippen molar-refractivity contribution >= 4 is 11.7 Å². The van der Waals surface area contributed by atoms with Gasteiger partial charge in [-0.05, 0) is 43.5 Å². The number of rotatable bonds is 4. The fourth-order valence-corrected chi connectivity index (χ4v) is 3.27. The molecule has 1 fully saturated rings. The Morgan fingerprint density at radius 2 is 1.57 bits per heavy atom. The number of piperidine rings is 1. The number of amides is 1. The number of ketones is 1. The van der Waals surface area contributed by atoms with Gasteiger partial charge in [-0.25, -0.2) is 0 Å². The largest absolute Gasteiger partial charge is 0.366 e. The normalized spacial score (nSPS) is 15.3. The van der Waals surface area contributed by atoms with Gasteiger partial charge in [0.05, 0.1) is 0 Å². The van der Waals surface area contributed by atoms with Crippen molar-refractivity contribution in [3.63, 3.8) is 0 Å². The molecular formula is C19H20N2O2. The third-order valence-corrected chi connectivity index (χ3v) is 4.40. The summed E-state index contributed by atoms with van der Waals surface area (Å²) in [5.41, 5.74) is 8.07. The Kier molecular flexibility index (Phi) is 4.53. The fourth-order valence-electron chi connectivity index (χ4n) is 3.27. The van der Waals surface area contributed by atoms with Crippen molar-refractivity contribution in [3.05, 3.63) is 70.8 Å². The van der Waals surface area contributed by atoms with Crippen LogP contribution in [0.3, 0.4) is 0 Å². The predicted octanol–water partition coefficient (Wildman–Crippen LogP) is 2.48. The molecule has 0 bridgehead atoms. The standard InChI is InChI=1S/C19H20N2O2/c20-19(23)16-8-4-7-15(17(16)13-9-11-21-12-10-13)18(22)14-5-2-1-3-6-14/h1-8,13,21H,9-12H2,(H2,20,23). The molecule has 4 heteroatoms. The second-order valence-corrected chi connectivity index (χ2v) is 5.85. The van der Waals surface area contributed by atoms with Gasteiger partial charge < -0.3 is 11.1 Å². The number of carbonyl (C=O) groups excluding carboxylic acids is 2. The maximum Gasteiger partial charge on any atom is 0.249 e. The van der Waals surface area contributed by atoms with E-state index in [9.17, 15) is 9.59 Å². The van der Waals surface area contributed by atoms with Gasteiger partial charge in [-0.3, -0.25) is 9.59 Å². The summed E-state index contributed by atoms with van der Waals surface area (Å²) in [5.74, 6) is -0.342. The van der Waals surface area contributed by atoms with Gasteiger partial charge >= 0.3 is 0 Å². The van der Waals surface area contributed by atoms with Gasteiger partial charge in [-0.15, -0.1) is 0 Å². The van der Waals surface area contributed by atoms with Crippen LogP contribution in [-0.4, -0.2) is 24.8 Å². The summed E-state index contributed by atoms with van der Waals surface area (Å²) in [6.07, 6.45) is 1.80. The van der Waals surface area contributed by atoms with Crippen LogP contribution in [0.1, 0.15) is 50.6 Å². The lowest BCUT2D eigenvalue weighted by atomic mass is 9.82. The third-order valence-electron chi connectivity index (χ3n) is 4.40. The molecule has 2 aromatic carbocycles. The van der Waals surface area contributed by atoms with Crippen molar-refractivity contribution in [2.75, 3.05) is 13.1 Å². The molecule has 0 atom stereocenters. The summed E-state index contributed by atoms with van der Waals surface area (Å²) in [6, 6.07) is 14.4. The number of hydrogen-bond acceptors (Lipinski definition) is 3. The topological polar surface area (TPSA) is 72.2 Å². The van der Waals surface area contributed by atoms with E-state index in [1.54, 1.807) is 30.3 Å².